The number of nitrogen functional groups attached to an aromatic ring is 1. The van der Waals surface area contributed by atoms with E-state index < -0.39 is 0 Å². The molecule has 2 aromatic heterocycles. The summed E-state index contributed by atoms with van der Waals surface area (Å²) in [5.74, 6) is 1.42. The van der Waals surface area contributed by atoms with E-state index in [1.165, 1.54) is 6.33 Å². The molecule has 0 atom stereocenters. The fourth-order valence-electron chi connectivity index (χ4n) is 2.03. The topological polar surface area (TPSA) is 131 Å². The van der Waals surface area contributed by atoms with Crippen molar-refractivity contribution in [3.05, 3.63) is 53.5 Å². The molecule has 1 aromatic carbocycles. The highest BCUT2D eigenvalue weighted by Gasteiger charge is 2.11. The average molecular weight is 339 g/mol. The van der Waals surface area contributed by atoms with Crippen LogP contribution in [0.2, 0.25) is 0 Å². The Hall–Kier alpha value is -3.62. The van der Waals surface area contributed by atoms with Crippen LogP contribution in [0.25, 0.3) is 0 Å². The van der Waals surface area contributed by atoms with Gasteiger partial charge in [-0.15, -0.1) is 0 Å². The first kappa shape index (κ1) is 16.2. The second-order valence-electron chi connectivity index (χ2n) is 5.38. The standard InChI is InChI=1S/C16H17N7O2/c1-9-3-5-11(6-4-9)16(24)22-21-15-13(17)14(18-8-19-15)20-12-7-10(2)25-23-12/h3-8H,17H2,1-2H3,(H,22,24)(H2,18,19,20,21,23). The Kier molecular flexibility index (Phi) is 4.46. The molecule has 0 aliphatic carbocycles. The van der Waals surface area contributed by atoms with E-state index in [0.29, 0.717) is 23.0 Å². The molecule has 0 aliphatic heterocycles. The number of aromatic nitrogens is 3. The molecule has 3 rings (SSSR count). The number of nitrogens with one attached hydrogen (secondary N) is 3. The third-order valence-corrected chi connectivity index (χ3v) is 3.37. The molecule has 0 radical (unpaired) electrons. The second-order valence-corrected chi connectivity index (χ2v) is 5.38. The minimum absolute atomic E-state index is 0.229. The lowest BCUT2D eigenvalue weighted by molar-refractivity contribution is 0.0962. The number of aryl methyl sites for hydroxylation is 2. The molecule has 0 spiro atoms. The van der Waals surface area contributed by atoms with E-state index in [0.717, 1.165) is 5.56 Å². The lowest BCUT2D eigenvalue weighted by Crippen LogP contribution is -2.30. The van der Waals surface area contributed by atoms with E-state index in [-0.39, 0.29) is 17.4 Å². The van der Waals surface area contributed by atoms with Crippen LogP contribution in [0.1, 0.15) is 21.7 Å². The molecule has 0 saturated carbocycles. The smallest absolute Gasteiger partial charge is 0.269 e. The molecular formula is C16H17N7O2. The molecule has 9 nitrogen and oxygen atoms in total. The van der Waals surface area contributed by atoms with E-state index in [2.05, 4.69) is 31.3 Å². The summed E-state index contributed by atoms with van der Waals surface area (Å²) in [6.45, 7) is 3.72. The van der Waals surface area contributed by atoms with Crippen LogP contribution in [0.4, 0.5) is 23.1 Å². The van der Waals surface area contributed by atoms with Gasteiger partial charge in [0.05, 0.1) is 0 Å². The largest absolute Gasteiger partial charge is 0.393 e. The van der Waals surface area contributed by atoms with Gasteiger partial charge in [0.2, 0.25) is 0 Å². The fraction of sp³-hybridized carbons (Fsp3) is 0.125. The molecule has 3 aromatic rings. The number of carbonyl (C=O) groups is 1. The van der Waals surface area contributed by atoms with Gasteiger partial charge in [0, 0.05) is 11.6 Å². The predicted octanol–water partition coefficient (Wildman–Crippen LogP) is 2.16. The molecule has 2 heterocycles. The van der Waals surface area contributed by atoms with Gasteiger partial charge in [-0.3, -0.25) is 15.6 Å². The number of carbonyl (C=O) groups excluding carboxylic acids is 1. The van der Waals surface area contributed by atoms with E-state index in [4.69, 9.17) is 10.3 Å². The van der Waals surface area contributed by atoms with Gasteiger partial charge in [0.25, 0.3) is 5.91 Å². The number of rotatable bonds is 5. The zero-order chi connectivity index (χ0) is 17.8. The van der Waals surface area contributed by atoms with E-state index in [9.17, 15) is 4.79 Å². The van der Waals surface area contributed by atoms with Gasteiger partial charge in [-0.25, -0.2) is 9.97 Å². The summed E-state index contributed by atoms with van der Waals surface area (Å²) in [5.41, 5.74) is 13.1. The summed E-state index contributed by atoms with van der Waals surface area (Å²) in [6.07, 6.45) is 1.31. The number of nitrogens with zero attached hydrogens (tertiary/aromatic N) is 3. The van der Waals surface area contributed by atoms with Gasteiger partial charge in [-0.1, -0.05) is 22.9 Å². The lowest BCUT2D eigenvalue weighted by Gasteiger charge is -2.12. The Bertz CT molecular complexity index is 890. The van der Waals surface area contributed by atoms with Crippen LogP contribution in [-0.4, -0.2) is 21.0 Å². The molecule has 1 amide bonds. The molecule has 9 heteroatoms. The van der Waals surface area contributed by atoms with Crippen LogP contribution >= 0.6 is 0 Å². The first-order valence-corrected chi connectivity index (χ1v) is 7.47. The zero-order valence-electron chi connectivity index (χ0n) is 13.7. The molecule has 0 aliphatic rings. The molecule has 25 heavy (non-hydrogen) atoms. The van der Waals surface area contributed by atoms with Crippen molar-refractivity contribution in [1.29, 1.82) is 0 Å². The minimum atomic E-state index is -0.306. The molecule has 0 fully saturated rings. The van der Waals surface area contributed by atoms with Crippen LogP contribution in [0.15, 0.2) is 41.2 Å². The Labute approximate surface area is 143 Å². The lowest BCUT2D eigenvalue weighted by atomic mass is 10.1. The van der Waals surface area contributed by atoms with Gasteiger partial charge in [-0.2, -0.15) is 0 Å². The van der Waals surface area contributed by atoms with Crippen molar-refractivity contribution < 1.29 is 9.32 Å². The third kappa shape index (κ3) is 3.83. The predicted molar refractivity (Wildman–Crippen MR) is 93.2 cm³/mol. The van der Waals surface area contributed by atoms with Crippen LogP contribution in [0.5, 0.6) is 0 Å². The van der Waals surface area contributed by atoms with Gasteiger partial charge >= 0.3 is 0 Å². The van der Waals surface area contributed by atoms with Gasteiger partial charge in [0.15, 0.2) is 17.5 Å². The number of hydrogen-bond donors (Lipinski definition) is 4. The van der Waals surface area contributed by atoms with Crippen LogP contribution < -0.4 is 21.9 Å². The molecule has 0 unspecified atom stereocenters. The van der Waals surface area contributed by atoms with Crippen molar-refractivity contribution >= 4 is 29.0 Å². The maximum Gasteiger partial charge on any atom is 0.269 e. The average Bonchev–Trinajstić information content (AvgIpc) is 3.01. The molecular weight excluding hydrogens is 322 g/mol. The summed E-state index contributed by atoms with van der Waals surface area (Å²) in [4.78, 5) is 20.2. The summed E-state index contributed by atoms with van der Waals surface area (Å²) in [5, 5.41) is 6.74. The first-order valence-electron chi connectivity index (χ1n) is 7.47. The van der Waals surface area contributed by atoms with Crippen LogP contribution in [0, 0.1) is 13.8 Å². The Morgan fingerprint density at radius 3 is 2.52 bits per heavy atom. The minimum Gasteiger partial charge on any atom is -0.393 e. The molecule has 0 bridgehead atoms. The fourth-order valence-corrected chi connectivity index (χ4v) is 2.03. The molecule has 128 valence electrons. The van der Waals surface area contributed by atoms with Crippen molar-refractivity contribution in [3.63, 3.8) is 0 Å². The highest BCUT2D eigenvalue weighted by molar-refractivity contribution is 5.95. The van der Waals surface area contributed by atoms with E-state index >= 15 is 0 Å². The monoisotopic (exact) mass is 339 g/mol. The SMILES string of the molecule is Cc1ccc(C(=O)NNc2ncnc(Nc3cc(C)on3)c2N)cc1. The maximum absolute atomic E-state index is 12.1. The van der Waals surface area contributed by atoms with Crippen molar-refractivity contribution in [3.8, 4) is 0 Å². The number of benzene rings is 1. The number of anilines is 4. The maximum atomic E-state index is 12.1. The van der Waals surface area contributed by atoms with Gasteiger partial charge < -0.3 is 15.6 Å². The van der Waals surface area contributed by atoms with Crippen molar-refractivity contribution in [2.24, 2.45) is 0 Å². The van der Waals surface area contributed by atoms with Crippen molar-refractivity contribution in [2.45, 2.75) is 13.8 Å². The molecule has 5 N–H and O–H groups in total. The van der Waals surface area contributed by atoms with Crippen LogP contribution in [0.3, 0.4) is 0 Å². The first-order chi connectivity index (χ1) is 12.0. The van der Waals surface area contributed by atoms with Gasteiger partial charge in [-0.05, 0) is 26.0 Å². The summed E-state index contributed by atoms with van der Waals surface area (Å²) < 4.78 is 4.97. The normalized spacial score (nSPS) is 10.3. The third-order valence-electron chi connectivity index (χ3n) is 3.37. The zero-order valence-corrected chi connectivity index (χ0v) is 13.7. The Morgan fingerprint density at radius 2 is 1.84 bits per heavy atom. The number of hydrogen-bond acceptors (Lipinski definition) is 8. The number of amides is 1. The number of nitrogens with two attached hydrogens (primary N) is 1. The second kappa shape index (κ2) is 6.87. The van der Waals surface area contributed by atoms with Crippen molar-refractivity contribution in [1.82, 2.24) is 20.6 Å². The summed E-state index contributed by atoms with van der Waals surface area (Å²) in [6, 6.07) is 8.88. The summed E-state index contributed by atoms with van der Waals surface area (Å²) >= 11 is 0. The van der Waals surface area contributed by atoms with E-state index in [1.807, 2.05) is 19.1 Å². The Morgan fingerprint density at radius 1 is 1.12 bits per heavy atom. The van der Waals surface area contributed by atoms with Crippen molar-refractivity contribution in [2.75, 3.05) is 16.5 Å². The van der Waals surface area contributed by atoms with E-state index in [1.54, 1.807) is 25.1 Å². The number of hydrazine groups is 1. The van der Waals surface area contributed by atoms with Crippen LogP contribution in [-0.2, 0) is 0 Å². The Balaban J connectivity index is 1.69. The highest BCUT2D eigenvalue weighted by atomic mass is 16.5. The summed E-state index contributed by atoms with van der Waals surface area (Å²) in [7, 11) is 0. The quantitative estimate of drug-likeness (QED) is 0.520. The highest BCUT2D eigenvalue weighted by Crippen LogP contribution is 2.25. The molecule has 0 saturated heterocycles. The van der Waals surface area contributed by atoms with Gasteiger partial charge in [0.1, 0.15) is 17.8 Å².